The highest BCUT2D eigenvalue weighted by Gasteiger charge is 2.30. The maximum atomic E-state index is 6.28. The lowest BCUT2D eigenvalue weighted by atomic mass is 9.97. The molecule has 0 spiro atoms. The lowest BCUT2D eigenvalue weighted by molar-refractivity contribution is 0.133. The molecule has 0 saturated carbocycles. The summed E-state index contributed by atoms with van der Waals surface area (Å²) in [5.41, 5.74) is 7.41. The average molecular weight is 287 g/mol. The van der Waals surface area contributed by atoms with E-state index in [9.17, 15) is 0 Å². The molecule has 2 aromatic rings. The molecule has 0 fully saturated rings. The van der Waals surface area contributed by atoms with E-state index >= 15 is 0 Å². The van der Waals surface area contributed by atoms with E-state index < -0.39 is 0 Å². The maximum absolute atomic E-state index is 6.28. The topological polar surface area (TPSA) is 69.2 Å². The summed E-state index contributed by atoms with van der Waals surface area (Å²) in [6.45, 7) is 4.61. The van der Waals surface area contributed by atoms with Crippen molar-refractivity contribution >= 4 is 0 Å². The molecule has 2 atom stereocenters. The Kier molecular flexibility index (Phi) is 3.90. The van der Waals surface area contributed by atoms with Crippen molar-refractivity contribution in [3.8, 4) is 5.75 Å². The minimum atomic E-state index is -0.00392. The van der Waals surface area contributed by atoms with E-state index in [2.05, 4.69) is 25.7 Å². The third kappa shape index (κ3) is 2.64. The van der Waals surface area contributed by atoms with Crippen molar-refractivity contribution in [2.24, 2.45) is 5.73 Å². The Bertz CT molecular complexity index is 610. The lowest BCUT2D eigenvalue weighted by Crippen LogP contribution is -2.43. The number of nitrogens with two attached hydrogens (primary N) is 1. The zero-order valence-electron chi connectivity index (χ0n) is 12.4. The molecule has 0 saturated heterocycles. The molecule has 2 unspecified atom stereocenters. The number of para-hydroxylation sites is 1. The third-order valence-corrected chi connectivity index (χ3v) is 4.02. The van der Waals surface area contributed by atoms with Crippen molar-refractivity contribution in [2.75, 3.05) is 13.7 Å². The van der Waals surface area contributed by atoms with Gasteiger partial charge >= 0.3 is 0 Å². The van der Waals surface area contributed by atoms with Gasteiger partial charge in [0.25, 0.3) is 0 Å². The third-order valence-electron chi connectivity index (χ3n) is 4.02. The van der Waals surface area contributed by atoms with E-state index in [1.165, 1.54) is 0 Å². The van der Waals surface area contributed by atoms with Crippen LogP contribution < -0.4 is 10.5 Å². The van der Waals surface area contributed by atoms with Gasteiger partial charge in [-0.3, -0.25) is 4.90 Å². The Hall–Kier alpha value is -1.92. The van der Waals surface area contributed by atoms with Crippen LogP contribution in [0.15, 0.2) is 30.6 Å². The summed E-state index contributed by atoms with van der Waals surface area (Å²) in [5.74, 6) is 1.87. The molecule has 1 aliphatic heterocycles. The van der Waals surface area contributed by atoms with Gasteiger partial charge in [-0.25, -0.2) is 0 Å². The van der Waals surface area contributed by atoms with E-state index in [0.717, 1.165) is 36.8 Å². The highest BCUT2D eigenvalue weighted by atomic mass is 16.5. The number of hydrogen-bond donors (Lipinski definition) is 1. The number of aromatic nitrogens is 3. The van der Waals surface area contributed by atoms with Crippen LogP contribution >= 0.6 is 0 Å². The predicted octanol–water partition coefficient (Wildman–Crippen LogP) is 1.19. The molecular weight excluding hydrogens is 266 g/mol. The zero-order chi connectivity index (χ0) is 14.8. The number of benzene rings is 1. The summed E-state index contributed by atoms with van der Waals surface area (Å²) < 4.78 is 7.60. The smallest absolute Gasteiger partial charge is 0.147 e. The second-order valence-corrected chi connectivity index (χ2v) is 5.46. The fourth-order valence-corrected chi connectivity index (χ4v) is 3.05. The lowest BCUT2D eigenvalue weighted by Gasteiger charge is -2.37. The van der Waals surface area contributed by atoms with Crippen LogP contribution in [0.5, 0.6) is 5.75 Å². The fraction of sp³-hybridized carbons (Fsp3) is 0.467. The van der Waals surface area contributed by atoms with Crippen LogP contribution in [0.2, 0.25) is 0 Å². The van der Waals surface area contributed by atoms with Gasteiger partial charge in [-0.15, -0.1) is 10.2 Å². The van der Waals surface area contributed by atoms with Gasteiger partial charge in [0.15, 0.2) is 0 Å². The van der Waals surface area contributed by atoms with Gasteiger partial charge in [-0.2, -0.15) is 0 Å². The Morgan fingerprint density at radius 1 is 1.29 bits per heavy atom. The van der Waals surface area contributed by atoms with Crippen LogP contribution in [0.3, 0.4) is 0 Å². The molecule has 0 amide bonds. The first-order chi connectivity index (χ1) is 10.2. The average Bonchev–Trinajstić information content (AvgIpc) is 2.95. The van der Waals surface area contributed by atoms with Crippen molar-refractivity contribution in [1.29, 1.82) is 0 Å². The minimum Gasteiger partial charge on any atom is -0.496 e. The molecule has 2 N–H and O–H groups in total. The van der Waals surface area contributed by atoms with Crippen molar-refractivity contribution in [2.45, 2.75) is 32.1 Å². The number of methoxy groups -OCH3 is 1. The molecule has 3 rings (SSSR count). The Labute approximate surface area is 124 Å². The van der Waals surface area contributed by atoms with Crippen molar-refractivity contribution < 1.29 is 4.74 Å². The number of ether oxygens (including phenoxy) is 1. The van der Waals surface area contributed by atoms with Crippen LogP contribution in [-0.4, -0.2) is 39.4 Å². The number of nitrogens with zero attached hydrogens (tertiary/aromatic N) is 4. The van der Waals surface area contributed by atoms with E-state index in [0.29, 0.717) is 0 Å². The molecule has 2 heterocycles. The molecule has 1 aromatic carbocycles. The van der Waals surface area contributed by atoms with E-state index in [-0.39, 0.29) is 12.1 Å². The summed E-state index contributed by atoms with van der Waals surface area (Å²) >= 11 is 0. The summed E-state index contributed by atoms with van der Waals surface area (Å²) in [6, 6.07) is 8.18. The van der Waals surface area contributed by atoms with Gasteiger partial charge in [-0.05, 0) is 13.0 Å². The first-order valence-corrected chi connectivity index (χ1v) is 7.20. The fourth-order valence-electron chi connectivity index (χ4n) is 3.05. The Balaban J connectivity index is 1.92. The van der Waals surface area contributed by atoms with Crippen molar-refractivity contribution in [1.82, 2.24) is 19.7 Å². The van der Waals surface area contributed by atoms with Crippen LogP contribution in [0, 0.1) is 0 Å². The van der Waals surface area contributed by atoms with Gasteiger partial charge in [0.1, 0.15) is 17.9 Å². The highest BCUT2D eigenvalue weighted by molar-refractivity contribution is 5.36. The molecule has 6 nitrogen and oxygen atoms in total. The molecule has 6 heteroatoms. The van der Waals surface area contributed by atoms with Gasteiger partial charge in [0.05, 0.1) is 19.7 Å². The summed E-state index contributed by atoms with van der Waals surface area (Å²) in [7, 11) is 1.70. The normalized spacial score (nSPS) is 18.0. The first-order valence-electron chi connectivity index (χ1n) is 7.20. The monoisotopic (exact) mass is 287 g/mol. The van der Waals surface area contributed by atoms with Crippen molar-refractivity contribution in [3.05, 3.63) is 42.0 Å². The number of fused-ring (bicyclic) bond motifs is 1. The molecular formula is C15H21N5O. The van der Waals surface area contributed by atoms with Gasteiger partial charge in [0, 0.05) is 24.7 Å². The Morgan fingerprint density at radius 3 is 2.86 bits per heavy atom. The SMILES string of the molecule is COc1ccccc1C(C(C)N)N1CCn2cnnc2C1. The zero-order valence-corrected chi connectivity index (χ0v) is 12.4. The first kappa shape index (κ1) is 14.0. The molecule has 112 valence electrons. The van der Waals surface area contributed by atoms with Crippen LogP contribution in [-0.2, 0) is 13.1 Å². The molecule has 0 radical (unpaired) electrons. The van der Waals surface area contributed by atoms with Crippen LogP contribution in [0.4, 0.5) is 0 Å². The molecule has 0 bridgehead atoms. The quantitative estimate of drug-likeness (QED) is 0.915. The summed E-state index contributed by atoms with van der Waals surface area (Å²) in [4.78, 5) is 2.35. The predicted molar refractivity (Wildman–Crippen MR) is 79.8 cm³/mol. The molecule has 1 aliphatic rings. The molecule has 0 aliphatic carbocycles. The maximum Gasteiger partial charge on any atom is 0.147 e. The van der Waals surface area contributed by atoms with Crippen LogP contribution in [0.1, 0.15) is 24.4 Å². The second kappa shape index (κ2) is 5.83. The van der Waals surface area contributed by atoms with Gasteiger partial charge < -0.3 is 15.0 Å². The molecule has 21 heavy (non-hydrogen) atoms. The largest absolute Gasteiger partial charge is 0.496 e. The van der Waals surface area contributed by atoms with E-state index in [1.54, 1.807) is 13.4 Å². The minimum absolute atomic E-state index is 0.00392. The van der Waals surface area contributed by atoms with Gasteiger partial charge in [0.2, 0.25) is 0 Å². The Morgan fingerprint density at radius 2 is 2.10 bits per heavy atom. The second-order valence-electron chi connectivity index (χ2n) is 5.46. The molecule has 1 aromatic heterocycles. The van der Waals surface area contributed by atoms with E-state index in [4.69, 9.17) is 10.5 Å². The van der Waals surface area contributed by atoms with E-state index in [1.807, 2.05) is 25.1 Å². The summed E-state index contributed by atoms with van der Waals surface area (Å²) in [6.07, 6.45) is 1.79. The van der Waals surface area contributed by atoms with Crippen molar-refractivity contribution in [3.63, 3.8) is 0 Å². The number of rotatable bonds is 4. The van der Waals surface area contributed by atoms with Gasteiger partial charge in [-0.1, -0.05) is 18.2 Å². The highest BCUT2D eigenvalue weighted by Crippen LogP contribution is 2.32. The van der Waals surface area contributed by atoms with Crippen LogP contribution in [0.25, 0.3) is 0 Å². The standard InChI is InChI=1S/C15H21N5O/c1-11(16)15(12-5-3-4-6-13(12)21-2)19-7-8-20-10-17-18-14(20)9-19/h3-6,10-11,15H,7-9,16H2,1-2H3. The number of hydrogen-bond acceptors (Lipinski definition) is 5. The summed E-state index contributed by atoms with van der Waals surface area (Å²) in [5, 5.41) is 8.16.